The number of likely N-dealkylation sites (tertiary alicyclic amines) is 1. The van der Waals surface area contributed by atoms with E-state index < -0.39 is 130 Å². The number of aliphatic hydroxyl groups is 3. The van der Waals surface area contributed by atoms with Crippen molar-refractivity contribution in [2.24, 2.45) is 16.7 Å². The van der Waals surface area contributed by atoms with Crippen LogP contribution in [-0.2, 0) is 42.7 Å². The molecule has 3 aliphatic heterocycles. The lowest BCUT2D eigenvalue weighted by Gasteiger charge is -2.68. The van der Waals surface area contributed by atoms with Gasteiger partial charge in [-0.25, -0.2) is 18.8 Å². The summed E-state index contributed by atoms with van der Waals surface area (Å²) in [7, 11) is 0. The van der Waals surface area contributed by atoms with Crippen LogP contribution < -0.4 is 5.32 Å². The van der Waals surface area contributed by atoms with Crippen LogP contribution in [0.1, 0.15) is 104 Å². The Bertz CT molecular complexity index is 2260. The number of halogens is 1. The topological polar surface area (TPSA) is 222 Å². The largest absolute Gasteiger partial charge is 0.456 e. The van der Waals surface area contributed by atoms with Crippen molar-refractivity contribution in [1.29, 1.82) is 0 Å². The minimum Gasteiger partial charge on any atom is -0.456 e. The molecule has 0 radical (unpaired) electrons. The normalized spacial score (nSPS) is 35.1. The third-order valence-electron chi connectivity index (χ3n) is 14.7. The number of ether oxygens (including phenoxy) is 7. The molecular weight excluding hydrogens is 862 g/mol. The van der Waals surface area contributed by atoms with Crippen molar-refractivity contribution in [2.45, 2.75) is 153 Å². The molecule has 2 saturated carbocycles. The van der Waals surface area contributed by atoms with Crippen LogP contribution in [-0.4, -0.2) is 141 Å². The fraction of sp³-hybridized carbons (Fsp3) is 0.646. The number of nitrogens with zero attached hydrogens (tertiary/aromatic N) is 2. The molecule has 3 saturated heterocycles. The molecule has 66 heavy (non-hydrogen) atoms. The van der Waals surface area contributed by atoms with Gasteiger partial charge in [0.2, 0.25) is 0 Å². The molecule has 8 rings (SSSR count). The number of fused-ring (bicyclic) bond motifs is 8. The zero-order valence-electron chi connectivity index (χ0n) is 38.9. The van der Waals surface area contributed by atoms with Gasteiger partial charge in [0.15, 0.2) is 18.0 Å². The third-order valence-corrected chi connectivity index (χ3v) is 14.7. The van der Waals surface area contributed by atoms with Crippen molar-refractivity contribution in [3.8, 4) is 0 Å². The Labute approximate surface area is 383 Å². The second-order valence-corrected chi connectivity index (χ2v) is 21.0. The average Bonchev–Trinajstić information content (AvgIpc) is 3.62. The molecule has 2 aromatic rings. The SMILES string of the molecule is CC(=O)O[C@@]12CO[C@@H]1CC[C@@]1(C)[C@@H]3O[C@H](CN4CC(C)(O)C4)O[C@@H]3C3=C(C)[C@@H](OC(=O)[C@H](O)[C@@H](NC(=O)OC(C)(C)C)c4ncccc4F)C[C@@](O)([C@@H](OC(=O)c4ccccc4)[C@@H]12)C3(C)C. The lowest BCUT2D eigenvalue weighted by atomic mass is 9.45. The van der Waals surface area contributed by atoms with Gasteiger partial charge < -0.3 is 53.8 Å². The molecule has 360 valence electrons. The molecular formula is C48H62FN3O14. The number of aromatic nitrogens is 1. The number of esters is 3. The molecule has 4 heterocycles. The summed E-state index contributed by atoms with van der Waals surface area (Å²) < 4.78 is 60.0. The predicted octanol–water partition coefficient (Wildman–Crippen LogP) is 4.07. The Balaban J connectivity index is 1.26. The first-order chi connectivity index (χ1) is 30.8. The lowest BCUT2D eigenvalue weighted by Crippen LogP contribution is -2.79. The second-order valence-electron chi connectivity index (χ2n) is 21.0. The first kappa shape index (κ1) is 47.9. The summed E-state index contributed by atoms with van der Waals surface area (Å²) in [5.74, 6) is -4.65. The summed E-state index contributed by atoms with van der Waals surface area (Å²) >= 11 is 0. The van der Waals surface area contributed by atoms with Gasteiger partial charge in [-0.2, -0.15) is 0 Å². The molecule has 5 fully saturated rings. The zero-order valence-corrected chi connectivity index (χ0v) is 38.9. The van der Waals surface area contributed by atoms with Crippen molar-refractivity contribution in [3.05, 3.63) is 76.9 Å². The Morgan fingerprint density at radius 1 is 1.02 bits per heavy atom. The Kier molecular flexibility index (Phi) is 12.3. The maximum Gasteiger partial charge on any atom is 0.408 e. The fourth-order valence-corrected chi connectivity index (χ4v) is 11.7. The number of amides is 1. The maximum absolute atomic E-state index is 15.4. The van der Waals surface area contributed by atoms with Crippen molar-refractivity contribution < 1.29 is 72.0 Å². The average molecular weight is 924 g/mol. The summed E-state index contributed by atoms with van der Waals surface area (Å²) in [6, 6.07) is 8.81. The van der Waals surface area contributed by atoms with Crippen molar-refractivity contribution in [2.75, 3.05) is 26.2 Å². The number of pyridine rings is 1. The summed E-state index contributed by atoms with van der Waals surface area (Å²) in [5.41, 5.74) is -7.28. The monoisotopic (exact) mass is 923 g/mol. The first-order valence-corrected chi connectivity index (χ1v) is 22.6. The van der Waals surface area contributed by atoms with Gasteiger partial charge in [-0.15, -0.1) is 0 Å². The number of benzene rings is 1. The molecule has 18 heteroatoms. The molecule has 12 atom stereocenters. The highest BCUT2D eigenvalue weighted by Crippen LogP contribution is 2.66. The van der Waals surface area contributed by atoms with E-state index in [9.17, 15) is 34.5 Å². The number of hydrogen-bond donors (Lipinski definition) is 4. The van der Waals surface area contributed by atoms with Crippen LogP contribution in [0.2, 0.25) is 0 Å². The fourth-order valence-electron chi connectivity index (χ4n) is 11.7. The van der Waals surface area contributed by atoms with E-state index in [4.69, 9.17) is 33.2 Å². The number of nitrogens with one attached hydrogen (secondary N) is 1. The summed E-state index contributed by atoms with van der Waals surface area (Å²) in [5, 5.41) is 38.7. The number of carbonyl (C=O) groups is 4. The number of β-amino-alcohol motifs (C(OH)–C–C–N with tert-alkyl or cyclic N) is 1. The van der Waals surface area contributed by atoms with E-state index in [-0.39, 0.29) is 18.7 Å². The standard InChI is InChI=1S/C48H62FN3O14/c1-25-29(61-41(56)35(54)34(33-28(49)16-13-19-50-33)51-42(57)66-43(3,4)5)20-48(59)39(64-40(55)27-14-11-10-12-15-27)37-46(9,18-17-30-47(37,24-60-30)65-26(2)53)38-36(32(25)44(48,6)7)62-31(63-38)21-52-22-45(8,58)23-52/h10-16,19,29-31,34-39,54,58-59H,17-18,20-24H2,1-9H3,(H,51,57)/t29-,30+,31+,34-,35+,36+,37-,38+,39-,46+,47-,48+/m0/s1. The summed E-state index contributed by atoms with van der Waals surface area (Å²) in [4.78, 5) is 61.2. The van der Waals surface area contributed by atoms with Crippen LogP contribution in [0.25, 0.3) is 0 Å². The predicted molar refractivity (Wildman–Crippen MR) is 230 cm³/mol. The Morgan fingerprint density at radius 3 is 2.32 bits per heavy atom. The van der Waals surface area contributed by atoms with Gasteiger partial charge in [0.1, 0.15) is 53.2 Å². The summed E-state index contributed by atoms with van der Waals surface area (Å²) in [6.45, 7) is 16.0. The van der Waals surface area contributed by atoms with E-state index in [0.717, 1.165) is 6.07 Å². The van der Waals surface area contributed by atoms with Gasteiger partial charge in [-0.05, 0) is 82.9 Å². The van der Waals surface area contributed by atoms with Crippen molar-refractivity contribution in [1.82, 2.24) is 15.2 Å². The van der Waals surface area contributed by atoms with Gasteiger partial charge in [0.05, 0.1) is 29.8 Å². The maximum atomic E-state index is 15.4. The third kappa shape index (κ3) is 8.29. The van der Waals surface area contributed by atoms with Crippen molar-refractivity contribution >= 4 is 24.0 Å². The molecule has 1 amide bonds. The highest BCUT2D eigenvalue weighted by atomic mass is 19.1. The number of rotatable bonds is 10. The minimum absolute atomic E-state index is 0.0830. The van der Waals surface area contributed by atoms with E-state index in [2.05, 4.69) is 10.3 Å². The molecule has 4 N–H and O–H groups in total. The van der Waals surface area contributed by atoms with E-state index in [0.29, 0.717) is 37.1 Å². The highest BCUT2D eigenvalue weighted by molar-refractivity contribution is 5.89. The number of alkyl carbamates (subject to hydrolysis) is 1. The Morgan fingerprint density at radius 2 is 1.71 bits per heavy atom. The van der Waals surface area contributed by atoms with Gasteiger partial charge in [0.25, 0.3) is 0 Å². The van der Waals surface area contributed by atoms with E-state index in [1.165, 1.54) is 19.2 Å². The van der Waals surface area contributed by atoms with Gasteiger partial charge in [-0.3, -0.25) is 14.7 Å². The van der Waals surface area contributed by atoms with Gasteiger partial charge in [-0.1, -0.05) is 39.0 Å². The lowest BCUT2D eigenvalue weighted by molar-refractivity contribution is -0.345. The quantitative estimate of drug-likeness (QED) is 0.150. The van der Waals surface area contributed by atoms with Gasteiger partial charge >= 0.3 is 24.0 Å². The number of aliphatic hydroxyl groups excluding tert-OH is 1. The molecule has 2 bridgehead atoms. The van der Waals surface area contributed by atoms with Crippen LogP contribution in [0, 0.1) is 22.6 Å². The second kappa shape index (κ2) is 16.9. The molecule has 1 aromatic carbocycles. The smallest absolute Gasteiger partial charge is 0.408 e. The van der Waals surface area contributed by atoms with Crippen molar-refractivity contribution in [3.63, 3.8) is 0 Å². The van der Waals surface area contributed by atoms with Crippen LogP contribution in [0.15, 0.2) is 59.8 Å². The molecule has 1 aromatic heterocycles. The van der Waals surface area contributed by atoms with Crippen LogP contribution in [0.3, 0.4) is 0 Å². The van der Waals surface area contributed by atoms with E-state index in [1.807, 2.05) is 11.8 Å². The van der Waals surface area contributed by atoms with Crippen LogP contribution in [0.4, 0.5) is 9.18 Å². The van der Waals surface area contributed by atoms with Gasteiger partial charge in [0, 0.05) is 50.0 Å². The molecule has 6 aliphatic rings. The van der Waals surface area contributed by atoms with Crippen LogP contribution in [0.5, 0.6) is 0 Å². The number of hydrogen-bond acceptors (Lipinski definition) is 16. The minimum atomic E-state index is -2.26. The van der Waals surface area contributed by atoms with E-state index >= 15 is 4.39 Å². The summed E-state index contributed by atoms with van der Waals surface area (Å²) in [6.07, 6.45) is -7.84. The molecule has 0 spiro atoms. The highest BCUT2D eigenvalue weighted by Gasteiger charge is 2.77. The van der Waals surface area contributed by atoms with Crippen LogP contribution >= 0.6 is 0 Å². The first-order valence-electron chi connectivity index (χ1n) is 22.6. The number of carbonyl (C=O) groups excluding carboxylic acids is 4. The Hall–Kier alpha value is -4.56. The zero-order chi connectivity index (χ0) is 47.9. The van der Waals surface area contributed by atoms with E-state index in [1.54, 1.807) is 78.8 Å². The molecule has 17 nitrogen and oxygen atoms in total. The molecule has 3 aliphatic carbocycles. The molecule has 0 unspecified atom stereocenters.